The molecule has 1 saturated heterocycles. The summed E-state index contributed by atoms with van der Waals surface area (Å²) in [5.74, 6) is 1.08. The van der Waals surface area contributed by atoms with Crippen LogP contribution in [0.15, 0.2) is 54.6 Å². The molecule has 48 heavy (non-hydrogen) atoms. The number of carbonyl (C=O) groups excluding carboxylic acids is 1. The summed E-state index contributed by atoms with van der Waals surface area (Å²) >= 11 is 0. The van der Waals surface area contributed by atoms with Crippen molar-refractivity contribution in [2.75, 3.05) is 31.1 Å². The Morgan fingerprint density at radius 1 is 0.833 bits per heavy atom. The van der Waals surface area contributed by atoms with Crippen LogP contribution in [0.4, 0.5) is 23.7 Å². The number of carbonyl (C=O) groups is 2. The van der Waals surface area contributed by atoms with Crippen molar-refractivity contribution in [2.45, 2.75) is 77.2 Å². The van der Waals surface area contributed by atoms with Gasteiger partial charge in [0, 0.05) is 55.0 Å². The van der Waals surface area contributed by atoms with Crippen LogP contribution in [-0.4, -0.2) is 61.2 Å². The minimum absolute atomic E-state index is 0.0248. The van der Waals surface area contributed by atoms with E-state index in [1.54, 1.807) is 6.07 Å². The first-order valence-electron chi connectivity index (χ1n) is 16.7. The second-order valence-electron chi connectivity index (χ2n) is 13.8. The van der Waals surface area contributed by atoms with Gasteiger partial charge in [0.05, 0.1) is 12.6 Å². The predicted molar refractivity (Wildman–Crippen MR) is 186 cm³/mol. The molecule has 2 amide bonds. The molecule has 0 aromatic heterocycles. The monoisotopic (exact) mass is 675 g/mol. The Morgan fingerprint density at radius 2 is 1.46 bits per heavy atom. The van der Waals surface area contributed by atoms with Crippen molar-refractivity contribution in [3.63, 3.8) is 0 Å². The molecule has 0 saturated carbocycles. The van der Waals surface area contributed by atoms with Gasteiger partial charge >= 0.3 is 6.09 Å². The molecule has 10 heteroatoms. The Morgan fingerprint density at radius 3 is 2.04 bits per heavy atom. The van der Waals surface area contributed by atoms with E-state index in [0.29, 0.717) is 53.9 Å². The molecule has 5 rings (SSSR count). The van der Waals surface area contributed by atoms with E-state index in [9.17, 15) is 19.1 Å². The van der Waals surface area contributed by atoms with Gasteiger partial charge in [-0.1, -0.05) is 53.7 Å². The van der Waals surface area contributed by atoms with Gasteiger partial charge in [-0.05, 0) is 70.2 Å². The Labute approximate surface area is 282 Å². The van der Waals surface area contributed by atoms with E-state index in [-0.39, 0.29) is 29.7 Å². The smallest absolute Gasteiger partial charge is 0.407 e. The summed E-state index contributed by atoms with van der Waals surface area (Å²) < 4.78 is 45.6. The van der Waals surface area contributed by atoms with Crippen molar-refractivity contribution in [3.8, 4) is 22.6 Å². The first kappa shape index (κ1) is 35.1. The number of fused-ring (bicyclic) bond motifs is 1. The second-order valence-corrected chi connectivity index (χ2v) is 19.4. The van der Waals surface area contributed by atoms with Gasteiger partial charge in [-0.15, -0.1) is 11.5 Å². The van der Waals surface area contributed by atoms with Crippen molar-refractivity contribution in [2.24, 2.45) is 0 Å². The van der Waals surface area contributed by atoms with Crippen LogP contribution in [0.1, 0.15) is 75.5 Å². The van der Waals surface area contributed by atoms with E-state index in [0.717, 1.165) is 23.9 Å². The number of benzene rings is 3. The Bertz CT molecular complexity index is 1720. The molecule has 1 unspecified atom stereocenters. The number of halogens is 3. The molecule has 0 bridgehead atoms. The number of hydrogen-bond donors (Lipinski definition) is 1. The lowest BCUT2D eigenvalue weighted by molar-refractivity contribution is 0.0700. The molecule has 0 spiro atoms. The summed E-state index contributed by atoms with van der Waals surface area (Å²) in [4.78, 5) is 30.2. The van der Waals surface area contributed by atoms with Gasteiger partial charge in [0.1, 0.15) is 25.5 Å². The predicted octanol–water partition coefficient (Wildman–Crippen LogP) is 8.88. The van der Waals surface area contributed by atoms with Gasteiger partial charge in [-0.2, -0.15) is 0 Å². The lowest BCUT2D eigenvalue weighted by Gasteiger charge is -2.38. The van der Waals surface area contributed by atoms with Crippen LogP contribution < -0.4 is 4.90 Å². The molecular weight excluding hydrogens is 632 g/mol. The van der Waals surface area contributed by atoms with E-state index >= 15 is 8.78 Å². The maximum atomic E-state index is 15.7. The van der Waals surface area contributed by atoms with Crippen LogP contribution in [0, 0.1) is 28.9 Å². The molecule has 1 fully saturated rings. The molecule has 2 heterocycles. The van der Waals surface area contributed by atoms with E-state index in [1.807, 2.05) is 24.3 Å². The molecule has 2 aliphatic heterocycles. The molecule has 3 aromatic carbocycles. The van der Waals surface area contributed by atoms with Crippen molar-refractivity contribution in [1.29, 1.82) is 0 Å². The summed E-state index contributed by atoms with van der Waals surface area (Å²) in [6.45, 7) is 15.1. The van der Waals surface area contributed by atoms with Crippen LogP contribution in [0.5, 0.6) is 0 Å². The zero-order valence-corrected chi connectivity index (χ0v) is 29.5. The van der Waals surface area contributed by atoms with Gasteiger partial charge in [0.2, 0.25) is 0 Å². The fraction of sp³-hybridized carbons (Fsp3) is 0.421. The van der Waals surface area contributed by atoms with Gasteiger partial charge in [-0.3, -0.25) is 4.79 Å². The molecule has 2 aliphatic rings. The Hall–Kier alpha value is -4.23. The zero-order chi connectivity index (χ0) is 34.9. The van der Waals surface area contributed by atoms with Crippen molar-refractivity contribution < 1.29 is 27.9 Å². The molecule has 6 nitrogen and oxygen atoms in total. The number of piperazine rings is 1. The first-order chi connectivity index (χ1) is 22.7. The fourth-order valence-electron chi connectivity index (χ4n) is 7.72. The standard InChI is InChI=1S/C38H44F3N3O3Si/c1-24(2)48(25(3)4,26(5)6)19-7-8-36(32-22-29(39)11-14-34(32)40)44-23-33-31(37(44)45)20-28(21-35(33)41)27-9-12-30(13-10-27)42-15-17-43(18-16-42)38(46)47/h9-14,20-22,24-26,36H,8,15-18,23H2,1-6H3,(H,46,47). The normalized spacial score (nSPS) is 15.7. The topological polar surface area (TPSA) is 64.1 Å². The van der Waals surface area contributed by atoms with Crippen LogP contribution >= 0.6 is 0 Å². The average molecular weight is 676 g/mol. The minimum atomic E-state index is -2.14. The molecule has 1 N–H and O–H groups in total. The number of nitrogens with zero attached hydrogens (tertiary/aromatic N) is 3. The fourth-order valence-corrected chi connectivity index (χ4v) is 13.0. The number of carboxylic acid groups (broad SMARTS) is 1. The summed E-state index contributed by atoms with van der Waals surface area (Å²) in [6.07, 6.45) is -0.832. The quantitative estimate of drug-likeness (QED) is 0.191. The lowest BCUT2D eigenvalue weighted by atomic mass is 9.99. The third-order valence-corrected chi connectivity index (χ3v) is 16.6. The van der Waals surface area contributed by atoms with E-state index < -0.39 is 43.6 Å². The minimum Gasteiger partial charge on any atom is -0.465 e. The summed E-state index contributed by atoms with van der Waals surface area (Å²) in [5.41, 5.74) is 7.36. The highest BCUT2D eigenvalue weighted by Crippen LogP contribution is 2.42. The van der Waals surface area contributed by atoms with Crippen molar-refractivity contribution in [3.05, 3.63) is 88.7 Å². The zero-order valence-electron chi connectivity index (χ0n) is 28.5. The molecule has 254 valence electrons. The average Bonchev–Trinajstić information content (AvgIpc) is 3.38. The summed E-state index contributed by atoms with van der Waals surface area (Å²) in [7, 11) is -2.14. The summed E-state index contributed by atoms with van der Waals surface area (Å²) in [5, 5.41) is 9.23. The molecule has 0 radical (unpaired) electrons. The highest BCUT2D eigenvalue weighted by atomic mass is 28.3. The maximum Gasteiger partial charge on any atom is 0.407 e. The maximum absolute atomic E-state index is 15.7. The van der Waals surface area contributed by atoms with Crippen LogP contribution in [-0.2, 0) is 6.54 Å². The van der Waals surface area contributed by atoms with Gasteiger partial charge in [0.15, 0.2) is 0 Å². The van der Waals surface area contributed by atoms with Gasteiger partial charge in [0.25, 0.3) is 5.91 Å². The third-order valence-electron chi connectivity index (χ3n) is 10.3. The second kappa shape index (κ2) is 14.1. The highest BCUT2D eigenvalue weighted by Gasteiger charge is 2.42. The number of amides is 2. The Kier molecular flexibility index (Phi) is 10.3. The van der Waals surface area contributed by atoms with Gasteiger partial charge < -0.3 is 19.8 Å². The third kappa shape index (κ3) is 6.70. The first-order valence-corrected chi connectivity index (χ1v) is 18.9. The van der Waals surface area contributed by atoms with Crippen molar-refractivity contribution >= 4 is 25.8 Å². The number of anilines is 1. The van der Waals surface area contributed by atoms with E-state index in [1.165, 1.54) is 15.9 Å². The Balaban J connectivity index is 1.45. The molecule has 1 atom stereocenters. The van der Waals surface area contributed by atoms with Crippen LogP contribution in [0.3, 0.4) is 0 Å². The number of rotatable bonds is 8. The van der Waals surface area contributed by atoms with Crippen molar-refractivity contribution in [1.82, 2.24) is 9.80 Å². The van der Waals surface area contributed by atoms with E-state index in [2.05, 4.69) is 57.9 Å². The molecule has 0 aliphatic carbocycles. The van der Waals surface area contributed by atoms with E-state index in [4.69, 9.17) is 0 Å². The summed E-state index contributed by atoms with van der Waals surface area (Å²) in [6, 6.07) is 12.9. The molecule has 3 aromatic rings. The largest absolute Gasteiger partial charge is 0.465 e. The SMILES string of the molecule is CC(C)[Si](C#CCC(c1cc(F)ccc1F)N1Cc2c(F)cc(-c3ccc(N4CCN(C(=O)O)CC4)cc3)cc2C1=O)(C(C)C)C(C)C. The van der Waals surface area contributed by atoms with Gasteiger partial charge in [-0.25, -0.2) is 18.0 Å². The molecular formula is C38H44F3N3O3Si. The number of hydrogen-bond acceptors (Lipinski definition) is 3. The highest BCUT2D eigenvalue weighted by molar-refractivity contribution is 6.90. The van der Waals surface area contributed by atoms with Crippen LogP contribution in [0.2, 0.25) is 16.6 Å². The van der Waals surface area contributed by atoms with Crippen LogP contribution in [0.25, 0.3) is 11.1 Å². The lowest BCUT2D eigenvalue weighted by Crippen LogP contribution is -2.48.